The lowest BCUT2D eigenvalue weighted by Crippen LogP contribution is -2.27. The predicted octanol–water partition coefficient (Wildman–Crippen LogP) is 3.43. The number of carbonyl (C=O) groups is 1. The van der Waals surface area contributed by atoms with Crippen LogP contribution in [-0.4, -0.2) is 38.4 Å². The second-order valence-electron chi connectivity index (χ2n) is 6.43. The summed E-state index contributed by atoms with van der Waals surface area (Å²) in [6.45, 7) is 4.43. The first kappa shape index (κ1) is 17.5. The highest BCUT2D eigenvalue weighted by atomic mass is 35.5. The maximum atomic E-state index is 15.6. The van der Waals surface area contributed by atoms with E-state index in [-0.39, 0.29) is 17.8 Å². The van der Waals surface area contributed by atoms with Crippen LogP contribution in [0, 0.1) is 5.95 Å². The lowest BCUT2D eigenvalue weighted by atomic mass is 10.1. The van der Waals surface area contributed by atoms with E-state index in [1.807, 2.05) is 0 Å². The first-order valence-electron chi connectivity index (χ1n) is 8.48. The lowest BCUT2D eigenvalue weighted by molar-refractivity contribution is -0.125. The summed E-state index contributed by atoms with van der Waals surface area (Å²) >= 11 is 5.96. The molecule has 0 radical (unpaired) electrons. The fourth-order valence-electron chi connectivity index (χ4n) is 3.62. The van der Waals surface area contributed by atoms with E-state index < -0.39 is 5.95 Å². The molecule has 0 bridgehead atoms. The SMILES string of the molecule is C=CC(=O)N1CCC(n2c(F)c(-c3ccc(Cl)cc3)c3c(N)ncnc32)C1. The number of benzene rings is 1. The summed E-state index contributed by atoms with van der Waals surface area (Å²) in [7, 11) is 0. The monoisotopic (exact) mass is 385 g/mol. The number of hydrogen-bond acceptors (Lipinski definition) is 4. The molecule has 8 heteroatoms. The van der Waals surface area contributed by atoms with Crippen LogP contribution < -0.4 is 5.73 Å². The molecule has 1 aliphatic rings. The van der Waals surface area contributed by atoms with Crippen LogP contribution in [0.5, 0.6) is 0 Å². The number of carbonyl (C=O) groups excluding carboxylic acids is 1. The van der Waals surface area contributed by atoms with Crippen LogP contribution in [0.2, 0.25) is 5.02 Å². The number of nitrogens with zero attached hydrogens (tertiary/aromatic N) is 4. The van der Waals surface area contributed by atoms with Crippen molar-refractivity contribution in [2.75, 3.05) is 18.8 Å². The Kier molecular flexibility index (Phi) is 4.31. The van der Waals surface area contributed by atoms with Gasteiger partial charge in [0, 0.05) is 23.7 Å². The molecule has 27 heavy (non-hydrogen) atoms. The van der Waals surface area contributed by atoms with Gasteiger partial charge in [-0.2, -0.15) is 4.39 Å². The number of halogens is 2. The molecule has 0 spiro atoms. The Hall–Kier alpha value is -2.93. The molecule has 1 fully saturated rings. The zero-order valence-electron chi connectivity index (χ0n) is 14.4. The molecule has 1 saturated heterocycles. The Morgan fingerprint density at radius 1 is 1.33 bits per heavy atom. The highest BCUT2D eigenvalue weighted by Gasteiger charge is 2.32. The van der Waals surface area contributed by atoms with Crippen molar-refractivity contribution in [3.05, 3.63) is 54.2 Å². The third-order valence-corrected chi connectivity index (χ3v) is 5.15. The number of amides is 1. The van der Waals surface area contributed by atoms with E-state index in [4.69, 9.17) is 17.3 Å². The molecule has 3 heterocycles. The van der Waals surface area contributed by atoms with Gasteiger partial charge in [-0.3, -0.25) is 9.36 Å². The summed E-state index contributed by atoms with van der Waals surface area (Å²) in [5, 5.41) is 1.02. The zero-order valence-corrected chi connectivity index (χ0v) is 15.2. The maximum Gasteiger partial charge on any atom is 0.246 e. The highest BCUT2D eigenvalue weighted by molar-refractivity contribution is 6.30. The van der Waals surface area contributed by atoms with Gasteiger partial charge in [0.15, 0.2) is 0 Å². The number of aromatic nitrogens is 3. The van der Waals surface area contributed by atoms with Crippen molar-refractivity contribution in [1.82, 2.24) is 19.4 Å². The number of anilines is 1. The van der Waals surface area contributed by atoms with Crippen LogP contribution in [0.15, 0.2) is 43.2 Å². The minimum atomic E-state index is -0.447. The van der Waals surface area contributed by atoms with E-state index in [1.54, 1.807) is 29.2 Å². The van der Waals surface area contributed by atoms with Gasteiger partial charge in [-0.1, -0.05) is 30.3 Å². The normalized spacial score (nSPS) is 16.8. The second-order valence-corrected chi connectivity index (χ2v) is 6.87. The van der Waals surface area contributed by atoms with Crippen molar-refractivity contribution in [1.29, 1.82) is 0 Å². The molecule has 2 N–H and O–H groups in total. The largest absolute Gasteiger partial charge is 0.383 e. The van der Waals surface area contributed by atoms with Crippen molar-refractivity contribution in [3.8, 4) is 11.1 Å². The number of fused-ring (bicyclic) bond motifs is 1. The van der Waals surface area contributed by atoms with Crippen molar-refractivity contribution in [3.63, 3.8) is 0 Å². The van der Waals surface area contributed by atoms with Crippen LogP contribution in [0.4, 0.5) is 10.2 Å². The molecule has 2 aromatic heterocycles. The van der Waals surface area contributed by atoms with Gasteiger partial charge in [0.05, 0.1) is 11.4 Å². The van der Waals surface area contributed by atoms with Crippen molar-refractivity contribution < 1.29 is 9.18 Å². The molecule has 3 aromatic rings. The van der Waals surface area contributed by atoms with Crippen LogP contribution in [0.3, 0.4) is 0 Å². The smallest absolute Gasteiger partial charge is 0.246 e. The third kappa shape index (κ3) is 2.84. The Bertz CT molecular complexity index is 1050. The minimum Gasteiger partial charge on any atom is -0.383 e. The average molecular weight is 386 g/mol. The second kappa shape index (κ2) is 6.66. The molecule has 1 unspecified atom stereocenters. The molecular weight excluding hydrogens is 369 g/mol. The molecule has 4 rings (SSSR count). The van der Waals surface area contributed by atoms with Crippen LogP contribution in [0.1, 0.15) is 12.5 Å². The number of nitrogen functional groups attached to an aromatic ring is 1. The first-order chi connectivity index (χ1) is 13.0. The van der Waals surface area contributed by atoms with Gasteiger partial charge in [0.1, 0.15) is 17.8 Å². The maximum absolute atomic E-state index is 15.6. The molecule has 0 aliphatic carbocycles. The topological polar surface area (TPSA) is 77.0 Å². The van der Waals surface area contributed by atoms with Gasteiger partial charge in [0.2, 0.25) is 11.9 Å². The molecular formula is C19H17ClFN5O. The van der Waals surface area contributed by atoms with E-state index in [0.29, 0.717) is 46.7 Å². The molecule has 138 valence electrons. The van der Waals surface area contributed by atoms with Gasteiger partial charge in [0.25, 0.3) is 0 Å². The molecule has 6 nitrogen and oxygen atoms in total. The van der Waals surface area contributed by atoms with Crippen LogP contribution >= 0.6 is 11.6 Å². The lowest BCUT2D eigenvalue weighted by Gasteiger charge is -2.16. The Morgan fingerprint density at radius 3 is 2.78 bits per heavy atom. The molecule has 1 amide bonds. The van der Waals surface area contributed by atoms with Gasteiger partial charge in [-0.05, 0) is 30.2 Å². The summed E-state index contributed by atoms with van der Waals surface area (Å²) in [4.78, 5) is 21.9. The zero-order chi connectivity index (χ0) is 19.1. The minimum absolute atomic E-state index is 0.165. The molecule has 1 aliphatic heterocycles. The third-order valence-electron chi connectivity index (χ3n) is 4.90. The predicted molar refractivity (Wildman–Crippen MR) is 103 cm³/mol. The summed E-state index contributed by atoms with van der Waals surface area (Å²) in [6, 6.07) is 6.61. The molecule has 1 aromatic carbocycles. The number of likely N-dealkylation sites (tertiary alicyclic amines) is 1. The van der Waals surface area contributed by atoms with Crippen LogP contribution in [0.25, 0.3) is 22.2 Å². The standard InChI is InChI=1S/C19H17ClFN5O/c1-2-14(27)25-8-7-13(9-25)26-17(21)15(11-3-5-12(20)6-4-11)16-18(22)23-10-24-19(16)26/h2-6,10,13H,1,7-9H2,(H2,22,23,24). The van der Waals surface area contributed by atoms with Gasteiger partial charge < -0.3 is 10.6 Å². The molecule has 0 saturated carbocycles. The summed E-state index contributed by atoms with van der Waals surface area (Å²) in [5.41, 5.74) is 7.47. The van der Waals surface area contributed by atoms with Crippen molar-refractivity contribution >= 4 is 34.4 Å². The Balaban J connectivity index is 1.89. The van der Waals surface area contributed by atoms with Gasteiger partial charge >= 0.3 is 0 Å². The fraction of sp³-hybridized carbons (Fsp3) is 0.211. The van der Waals surface area contributed by atoms with E-state index in [9.17, 15) is 4.79 Å². The van der Waals surface area contributed by atoms with Crippen LogP contribution in [-0.2, 0) is 4.79 Å². The van der Waals surface area contributed by atoms with E-state index in [2.05, 4.69) is 16.5 Å². The fourth-order valence-corrected chi connectivity index (χ4v) is 3.75. The quantitative estimate of drug-likeness (QED) is 0.701. The van der Waals surface area contributed by atoms with Crippen molar-refractivity contribution in [2.45, 2.75) is 12.5 Å². The summed E-state index contributed by atoms with van der Waals surface area (Å²) in [5.74, 6) is -0.404. The van der Waals surface area contributed by atoms with Gasteiger partial charge in [-0.15, -0.1) is 0 Å². The van der Waals surface area contributed by atoms with Crippen molar-refractivity contribution in [2.24, 2.45) is 0 Å². The number of hydrogen-bond donors (Lipinski definition) is 1. The Labute approximate surface area is 160 Å². The molecule has 1 atom stereocenters. The summed E-state index contributed by atoms with van der Waals surface area (Å²) < 4.78 is 17.1. The average Bonchev–Trinajstić information content (AvgIpc) is 3.25. The highest BCUT2D eigenvalue weighted by Crippen LogP contribution is 2.39. The Morgan fingerprint density at radius 2 is 2.07 bits per heavy atom. The van der Waals surface area contributed by atoms with E-state index in [1.165, 1.54) is 17.0 Å². The van der Waals surface area contributed by atoms with E-state index in [0.717, 1.165) is 0 Å². The number of nitrogens with two attached hydrogens (primary N) is 1. The summed E-state index contributed by atoms with van der Waals surface area (Å²) in [6.07, 6.45) is 3.21. The van der Waals surface area contributed by atoms with Gasteiger partial charge in [-0.25, -0.2) is 9.97 Å². The van der Waals surface area contributed by atoms with E-state index >= 15 is 4.39 Å². The number of rotatable bonds is 3. The first-order valence-corrected chi connectivity index (χ1v) is 8.86.